The molecule has 0 aliphatic heterocycles. The van der Waals surface area contributed by atoms with Crippen molar-refractivity contribution in [2.45, 2.75) is 380 Å². The third-order valence-corrected chi connectivity index (χ3v) is 14.9. The Hall–Kier alpha value is -1.59. The maximum atomic E-state index is 12.8. The number of hydrogen-bond acceptors (Lipinski definition) is 6. The molecule has 0 aliphatic carbocycles. The number of unbranched alkanes of at least 4 members (excludes halogenated alkanes) is 49. The van der Waals surface area contributed by atoms with Gasteiger partial charge in [0.15, 0.2) is 6.10 Å². The molecule has 0 radical (unpaired) electrons. The highest BCUT2D eigenvalue weighted by molar-refractivity contribution is 5.71. The van der Waals surface area contributed by atoms with Gasteiger partial charge in [-0.2, -0.15) is 0 Å². The molecule has 0 saturated carbocycles. The molecule has 0 amide bonds. The molecule has 0 fully saturated rings. The Kier molecular flexibility index (Phi) is 58.6. The van der Waals surface area contributed by atoms with Crippen molar-refractivity contribution in [3.05, 3.63) is 0 Å². The van der Waals surface area contributed by atoms with E-state index in [0.717, 1.165) is 57.8 Å². The molecule has 0 N–H and O–H groups in total. The monoisotopic (exact) mass is 989 g/mol. The lowest BCUT2D eigenvalue weighted by atomic mass is 10.0. The summed E-state index contributed by atoms with van der Waals surface area (Å²) in [5, 5.41) is 0. The lowest BCUT2D eigenvalue weighted by molar-refractivity contribution is -0.167. The number of ether oxygens (including phenoxy) is 3. The maximum Gasteiger partial charge on any atom is 0.306 e. The topological polar surface area (TPSA) is 78.9 Å². The summed E-state index contributed by atoms with van der Waals surface area (Å²) >= 11 is 0. The van der Waals surface area contributed by atoms with Gasteiger partial charge in [0.05, 0.1) is 0 Å². The molecule has 0 heterocycles. The quantitative estimate of drug-likeness (QED) is 0.0343. The van der Waals surface area contributed by atoms with Gasteiger partial charge < -0.3 is 14.2 Å². The number of esters is 3. The van der Waals surface area contributed by atoms with Crippen LogP contribution in [0.5, 0.6) is 0 Å². The van der Waals surface area contributed by atoms with E-state index in [-0.39, 0.29) is 31.1 Å². The van der Waals surface area contributed by atoms with Crippen LogP contribution in [-0.4, -0.2) is 37.2 Å². The molecule has 6 heteroatoms. The fraction of sp³-hybridized carbons (Fsp3) is 0.953. The van der Waals surface area contributed by atoms with E-state index in [0.29, 0.717) is 19.3 Å². The highest BCUT2D eigenvalue weighted by Crippen LogP contribution is 2.19. The lowest BCUT2D eigenvalue weighted by Crippen LogP contribution is -2.30. The largest absolute Gasteiger partial charge is 0.462 e. The molecule has 0 bridgehead atoms. The summed E-state index contributed by atoms with van der Waals surface area (Å²) in [5.41, 5.74) is 0. The molecular formula is C64H124O6. The van der Waals surface area contributed by atoms with Crippen LogP contribution in [0.25, 0.3) is 0 Å². The summed E-state index contributed by atoms with van der Waals surface area (Å²) in [7, 11) is 0. The zero-order chi connectivity index (χ0) is 50.7. The summed E-state index contributed by atoms with van der Waals surface area (Å²) in [6.07, 6.45) is 68.5. The molecule has 0 aliphatic rings. The van der Waals surface area contributed by atoms with Crippen molar-refractivity contribution < 1.29 is 28.6 Å². The summed E-state index contributed by atoms with van der Waals surface area (Å²) in [6.45, 7) is 6.70. The normalized spacial score (nSPS) is 11.9. The molecule has 0 spiro atoms. The van der Waals surface area contributed by atoms with Crippen LogP contribution < -0.4 is 0 Å². The Balaban J connectivity index is 4.05. The Labute approximate surface area is 438 Å². The molecule has 1 atom stereocenters. The van der Waals surface area contributed by atoms with Crippen LogP contribution in [-0.2, 0) is 28.6 Å². The van der Waals surface area contributed by atoms with Gasteiger partial charge in [0.1, 0.15) is 13.2 Å². The van der Waals surface area contributed by atoms with Gasteiger partial charge in [-0.15, -0.1) is 0 Å². The van der Waals surface area contributed by atoms with E-state index < -0.39 is 6.10 Å². The van der Waals surface area contributed by atoms with Crippen molar-refractivity contribution in [1.29, 1.82) is 0 Å². The van der Waals surface area contributed by atoms with Crippen LogP contribution in [0, 0.1) is 0 Å². The van der Waals surface area contributed by atoms with Crippen LogP contribution in [0.1, 0.15) is 374 Å². The van der Waals surface area contributed by atoms with Crippen molar-refractivity contribution in [1.82, 2.24) is 0 Å². The summed E-state index contributed by atoms with van der Waals surface area (Å²) in [4.78, 5) is 38.1. The van der Waals surface area contributed by atoms with Crippen molar-refractivity contribution in [2.24, 2.45) is 0 Å². The van der Waals surface area contributed by atoms with Gasteiger partial charge in [-0.05, 0) is 19.3 Å². The zero-order valence-electron chi connectivity index (χ0n) is 47.8. The van der Waals surface area contributed by atoms with Crippen molar-refractivity contribution in [3.8, 4) is 0 Å². The smallest absolute Gasteiger partial charge is 0.306 e. The van der Waals surface area contributed by atoms with E-state index in [1.807, 2.05) is 0 Å². The van der Waals surface area contributed by atoms with Crippen LogP contribution in [0.2, 0.25) is 0 Å². The first kappa shape index (κ1) is 68.4. The average Bonchev–Trinajstić information content (AvgIpc) is 3.36. The second-order valence-corrected chi connectivity index (χ2v) is 22.1. The average molecular weight is 990 g/mol. The predicted molar refractivity (Wildman–Crippen MR) is 303 cm³/mol. The number of rotatable bonds is 60. The highest BCUT2D eigenvalue weighted by atomic mass is 16.6. The predicted octanol–water partition coefficient (Wildman–Crippen LogP) is 21.5. The standard InChI is InChI=1S/C64H124O6/c1-4-7-10-13-16-19-22-24-26-27-28-29-30-31-32-33-34-35-36-37-38-39-41-42-45-48-51-54-57-63(66)69-60-61(59-68-62(65)56-53-50-47-44-21-18-15-12-9-6-3)70-64(67)58-55-52-49-46-43-40-25-23-20-17-14-11-8-5-2/h61H,4-60H2,1-3H3. The van der Waals surface area contributed by atoms with E-state index in [1.165, 1.54) is 276 Å². The Morgan fingerprint density at radius 2 is 0.386 bits per heavy atom. The van der Waals surface area contributed by atoms with E-state index in [1.54, 1.807) is 0 Å². The molecule has 0 saturated heterocycles. The minimum Gasteiger partial charge on any atom is -0.462 e. The van der Waals surface area contributed by atoms with Crippen molar-refractivity contribution in [2.75, 3.05) is 13.2 Å². The van der Waals surface area contributed by atoms with E-state index in [9.17, 15) is 14.4 Å². The van der Waals surface area contributed by atoms with Gasteiger partial charge in [0.25, 0.3) is 0 Å². The van der Waals surface area contributed by atoms with E-state index in [4.69, 9.17) is 14.2 Å². The van der Waals surface area contributed by atoms with Crippen molar-refractivity contribution >= 4 is 17.9 Å². The Morgan fingerprint density at radius 1 is 0.229 bits per heavy atom. The zero-order valence-corrected chi connectivity index (χ0v) is 47.8. The Morgan fingerprint density at radius 3 is 0.571 bits per heavy atom. The molecule has 0 aromatic rings. The summed E-state index contributed by atoms with van der Waals surface area (Å²) in [5.74, 6) is -0.833. The van der Waals surface area contributed by atoms with Gasteiger partial charge >= 0.3 is 17.9 Å². The van der Waals surface area contributed by atoms with Gasteiger partial charge in [-0.25, -0.2) is 0 Å². The number of carbonyl (C=O) groups excluding carboxylic acids is 3. The van der Waals surface area contributed by atoms with Gasteiger partial charge in [0, 0.05) is 19.3 Å². The molecule has 1 unspecified atom stereocenters. The SMILES string of the molecule is CCCCCCCCCCCCCCCCCCCCCCCCCCCCCCC(=O)OCC(COC(=O)CCCCCCCCCCCC)OC(=O)CCCCCCCCCCCCCCCC. The minimum atomic E-state index is -0.761. The first-order valence-electron chi connectivity index (χ1n) is 32.0. The molecular weight excluding hydrogens is 865 g/mol. The Bertz CT molecular complexity index is 1040. The lowest BCUT2D eigenvalue weighted by Gasteiger charge is -2.18. The molecule has 0 aromatic carbocycles. The molecule has 6 nitrogen and oxygen atoms in total. The van der Waals surface area contributed by atoms with Crippen LogP contribution in [0.15, 0.2) is 0 Å². The number of hydrogen-bond donors (Lipinski definition) is 0. The first-order valence-corrected chi connectivity index (χ1v) is 32.0. The summed E-state index contributed by atoms with van der Waals surface area (Å²) < 4.78 is 16.9. The van der Waals surface area contributed by atoms with Gasteiger partial charge in [0.2, 0.25) is 0 Å². The van der Waals surface area contributed by atoms with Crippen LogP contribution in [0.3, 0.4) is 0 Å². The van der Waals surface area contributed by atoms with Crippen molar-refractivity contribution in [3.63, 3.8) is 0 Å². The number of carbonyl (C=O) groups is 3. The third kappa shape index (κ3) is 57.3. The van der Waals surface area contributed by atoms with Gasteiger partial charge in [-0.1, -0.05) is 335 Å². The molecule has 70 heavy (non-hydrogen) atoms. The van der Waals surface area contributed by atoms with Crippen LogP contribution >= 0.6 is 0 Å². The highest BCUT2D eigenvalue weighted by Gasteiger charge is 2.19. The maximum absolute atomic E-state index is 12.8. The molecule has 416 valence electrons. The van der Waals surface area contributed by atoms with E-state index in [2.05, 4.69) is 20.8 Å². The fourth-order valence-electron chi connectivity index (χ4n) is 10.0. The minimum absolute atomic E-state index is 0.0611. The van der Waals surface area contributed by atoms with E-state index >= 15 is 0 Å². The molecule has 0 rings (SSSR count). The summed E-state index contributed by atoms with van der Waals surface area (Å²) in [6, 6.07) is 0. The third-order valence-electron chi connectivity index (χ3n) is 14.9. The molecule has 0 aromatic heterocycles. The van der Waals surface area contributed by atoms with Gasteiger partial charge in [-0.3, -0.25) is 14.4 Å². The second kappa shape index (κ2) is 60.0. The first-order chi connectivity index (χ1) is 34.5. The fourth-order valence-corrected chi connectivity index (χ4v) is 10.0. The van der Waals surface area contributed by atoms with Crippen LogP contribution in [0.4, 0.5) is 0 Å². The second-order valence-electron chi connectivity index (χ2n) is 22.1.